The summed E-state index contributed by atoms with van der Waals surface area (Å²) in [7, 11) is 5.85. The van der Waals surface area contributed by atoms with Crippen molar-refractivity contribution in [2.24, 2.45) is 5.92 Å². The molecule has 0 radical (unpaired) electrons. The molecule has 0 spiro atoms. The number of hydrogen-bond acceptors (Lipinski definition) is 9. The Balaban J connectivity index is 1.84. The Hall–Kier alpha value is -5.34. The van der Waals surface area contributed by atoms with E-state index in [-0.39, 0.29) is 38.8 Å². The minimum Gasteiger partial charge on any atom is -0.493 e. The molecule has 0 unspecified atom stereocenters. The smallest absolute Gasteiger partial charge is 0.245 e. The van der Waals surface area contributed by atoms with E-state index in [0.717, 1.165) is 5.56 Å². The predicted molar refractivity (Wildman–Crippen MR) is 188 cm³/mol. The maximum atomic E-state index is 13.7. The fourth-order valence-corrected chi connectivity index (χ4v) is 5.59. The number of nitrogens with one attached hydrogen (secondary N) is 5. The molecule has 0 saturated carbocycles. The molecule has 3 rings (SSSR count). The van der Waals surface area contributed by atoms with Crippen molar-refractivity contribution in [2.75, 3.05) is 41.5 Å². The summed E-state index contributed by atoms with van der Waals surface area (Å²) in [6.45, 7) is 4.80. The first-order valence-corrected chi connectivity index (χ1v) is 16.8. The Labute approximate surface area is 298 Å². The molecule has 278 valence electrons. The Bertz CT molecular complexity index is 1530. The van der Waals surface area contributed by atoms with E-state index in [2.05, 4.69) is 26.6 Å². The molecule has 1 saturated heterocycles. The lowest BCUT2D eigenvalue weighted by atomic mass is 10.0. The van der Waals surface area contributed by atoms with Crippen molar-refractivity contribution >= 4 is 35.4 Å². The summed E-state index contributed by atoms with van der Waals surface area (Å²) in [5, 5.41) is 13.6. The molecule has 2 aromatic carbocycles. The van der Waals surface area contributed by atoms with E-state index in [1.165, 1.54) is 40.2 Å². The van der Waals surface area contributed by atoms with Crippen LogP contribution in [0.1, 0.15) is 44.7 Å². The molecule has 1 aliphatic rings. The van der Waals surface area contributed by atoms with Crippen LogP contribution in [0.15, 0.2) is 42.5 Å². The van der Waals surface area contributed by atoms with E-state index in [1.54, 1.807) is 26.0 Å². The molecule has 6 amide bonds. The molecule has 0 aromatic heterocycles. The first-order chi connectivity index (χ1) is 24.3. The third-order valence-corrected chi connectivity index (χ3v) is 8.39. The van der Waals surface area contributed by atoms with E-state index >= 15 is 0 Å². The van der Waals surface area contributed by atoms with Gasteiger partial charge in [-0.05, 0) is 48.9 Å². The lowest BCUT2D eigenvalue weighted by Crippen LogP contribution is -2.59. The standard InChI is InChI=1S/C36H50N6O9/c1-21(2)31-35(47)38-22(3)33(45)40-26(16-23-12-9-8-10-13-23)36(48)42(4)20-30(44)37-15-11-14-25(34(46)41-31)39-29(43)19-24-17-27(49-5)32(51-7)28(18-24)50-6/h8-10,12-13,17-18,21-22,25-26,31H,11,14-16,19-20H2,1-7H3,(H,37,44)(H,38,47)(H,39,43)(H,40,45)(H,41,46)/t22-,25+,26+,31-/m1/s1. The third-order valence-electron chi connectivity index (χ3n) is 8.39. The van der Waals surface area contributed by atoms with Crippen molar-refractivity contribution in [3.63, 3.8) is 0 Å². The molecule has 0 aliphatic carbocycles. The van der Waals surface area contributed by atoms with Crippen LogP contribution in [0.25, 0.3) is 0 Å². The second-order valence-corrected chi connectivity index (χ2v) is 12.7. The van der Waals surface area contributed by atoms with Gasteiger partial charge in [-0.2, -0.15) is 0 Å². The summed E-state index contributed by atoms with van der Waals surface area (Å²) >= 11 is 0. The number of methoxy groups -OCH3 is 3. The fraction of sp³-hybridized carbons (Fsp3) is 0.500. The molecule has 1 aliphatic heterocycles. The number of carbonyl (C=O) groups excluding carboxylic acids is 6. The van der Waals surface area contributed by atoms with Gasteiger partial charge >= 0.3 is 0 Å². The average molecular weight is 711 g/mol. The zero-order valence-electron chi connectivity index (χ0n) is 30.3. The molecule has 1 heterocycles. The van der Waals surface area contributed by atoms with Gasteiger partial charge in [-0.15, -0.1) is 0 Å². The van der Waals surface area contributed by atoms with Crippen LogP contribution in [-0.2, 0) is 41.6 Å². The van der Waals surface area contributed by atoms with E-state index in [9.17, 15) is 28.8 Å². The summed E-state index contributed by atoms with van der Waals surface area (Å²) in [6.07, 6.45) is 0.430. The number of amides is 6. The Morgan fingerprint density at radius 3 is 2.12 bits per heavy atom. The molecule has 2 aromatic rings. The van der Waals surface area contributed by atoms with E-state index < -0.39 is 65.5 Å². The van der Waals surface area contributed by atoms with Gasteiger partial charge in [0.2, 0.25) is 41.2 Å². The normalized spacial score (nSPS) is 21.3. The first-order valence-electron chi connectivity index (χ1n) is 16.8. The van der Waals surface area contributed by atoms with Gasteiger partial charge < -0.3 is 45.7 Å². The number of likely N-dealkylation sites (N-methyl/N-ethyl adjacent to an activating group) is 1. The molecule has 15 nitrogen and oxygen atoms in total. The molecule has 1 fully saturated rings. The summed E-state index contributed by atoms with van der Waals surface area (Å²) < 4.78 is 16.1. The number of nitrogens with zero attached hydrogens (tertiary/aromatic N) is 1. The van der Waals surface area contributed by atoms with Crippen molar-refractivity contribution in [3.8, 4) is 17.2 Å². The van der Waals surface area contributed by atoms with Gasteiger partial charge in [0, 0.05) is 20.0 Å². The topological polar surface area (TPSA) is 193 Å². The summed E-state index contributed by atoms with van der Waals surface area (Å²) in [6, 6.07) is 8.13. The highest BCUT2D eigenvalue weighted by molar-refractivity contribution is 5.96. The lowest BCUT2D eigenvalue weighted by Gasteiger charge is -2.28. The second-order valence-electron chi connectivity index (χ2n) is 12.7. The third kappa shape index (κ3) is 11.6. The zero-order valence-corrected chi connectivity index (χ0v) is 30.3. The van der Waals surface area contributed by atoms with Gasteiger partial charge in [0.15, 0.2) is 11.5 Å². The van der Waals surface area contributed by atoms with E-state index in [1.807, 2.05) is 30.3 Å². The van der Waals surface area contributed by atoms with Crippen LogP contribution in [0.4, 0.5) is 0 Å². The molecular formula is C36H50N6O9. The van der Waals surface area contributed by atoms with Crippen molar-refractivity contribution in [2.45, 2.75) is 70.6 Å². The average Bonchev–Trinajstić information content (AvgIpc) is 3.10. The van der Waals surface area contributed by atoms with Crippen LogP contribution in [0, 0.1) is 5.92 Å². The number of rotatable bonds is 9. The fourth-order valence-electron chi connectivity index (χ4n) is 5.59. The number of benzene rings is 2. The van der Waals surface area contributed by atoms with Gasteiger partial charge in [0.05, 0.1) is 34.3 Å². The number of carbonyl (C=O) groups is 6. The van der Waals surface area contributed by atoms with Crippen LogP contribution in [0.2, 0.25) is 0 Å². The van der Waals surface area contributed by atoms with Crippen LogP contribution in [0.5, 0.6) is 17.2 Å². The van der Waals surface area contributed by atoms with Gasteiger partial charge in [0.25, 0.3) is 0 Å². The second kappa shape index (κ2) is 19.2. The largest absolute Gasteiger partial charge is 0.493 e. The van der Waals surface area contributed by atoms with Crippen molar-refractivity contribution in [1.82, 2.24) is 31.5 Å². The SMILES string of the molecule is COc1cc(CC(=O)N[C@H]2CCCNC(=O)CN(C)C(=O)[C@H](Cc3ccccc3)NC(=O)[C@@H](C)NC(=O)[C@@H](C(C)C)NC2=O)cc(OC)c1OC. The maximum Gasteiger partial charge on any atom is 0.245 e. The van der Waals surface area contributed by atoms with Gasteiger partial charge in [-0.25, -0.2) is 0 Å². The summed E-state index contributed by atoms with van der Waals surface area (Å²) in [5.74, 6) is -2.57. The number of hydrogen-bond donors (Lipinski definition) is 5. The molecular weight excluding hydrogens is 660 g/mol. The predicted octanol–water partition coefficient (Wildman–Crippen LogP) is 0.481. The highest BCUT2D eigenvalue weighted by atomic mass is 16.5. The Morgan fingerprint density at radius 2 is 1.53 bits per heavy atom. The molecule has 51 heavy (non-hydrogen) atoms. The molecule has 15 heteroatoms. The zero-order chi connectivity index (χ0) is 37.7. The van der Waals surface area contributed by atoms with E-state index in [4.69, 9.17) is 14.2 Å². The van der Waals surface area contributed by atoms with E-state index in [0.29, 0.717) is 22.8 Å². The van der Waals surface area contributed by atoms with Crippen LogP contribution < -0.4 is 40.8 Å². The van der Waals surface area contributed by atoms with Crippen LogP contribution in [-0.4, -0.2) is 106 Å². The van der Waals surface area contributed by atoms with Crippen LogP contribution >= 0.6 is 0 Å². The maximum absolute atomic E-state index is 13.7. The van der Waals surface area contributed by atoms with Crippen molar-refractivity contribution in [1.29, 1.82) is 0 Å². The van der Waals surface area contributed by atoms with Crippen molar-refractivity contribution < 1.29 is 43.0 Å². The molecule has 5 N–H and O–H groups in total. The first kappa shape index (κ1) is 40.1. The van der Waals surface area contributed by atoms with Gasteiger partial charge in [-0.1, -0.05) is 44.2 Å². The number of ether oxygens (including phenoxy) is 3. The summed E-state index contributed by atoms with van der Waals surface area (Å²) in [4.78, 5) is 81.3. The monoisotopic (exact) mass is 710 g/mol. The Kier molecular flexibility index (Phi) is 15.1. The quantitative estimate of drug-likeness (QED) is 0.246. The molecule has 0 bridgehead atoms. The van der Waals surface area contributed by atoms with Gasteiger partial charge in [0.1, 0.15) is 24.2 Å². The summed E-state index contributed by atoms with van der Waals surface area (Å²) in [5.41, 5.74) is 1.33. The Morgan fingerprint density at radius 1 is 0.882 bits per heavy atom. The highest BCUT2D eigenvalue weighted by Crippen LogP contribution is 2.38. The highest BCUT2D eigenvalue weighted by Gasteiger charge is 2.32. The van der Waals surface area contributed by atoms with Gasteiger partial charge in [-0.3, -0.25) is 28.8 Å². The lowest BCUT2D eigenvalue weighted by molar-refractivity contribution is -0.139. The minimum absolute atomic E-state index is 0.117. The minimum atomic E-state index is -1.08. The van der Waals surface area contributed by atoms with Crippen molar-refractivity contribution in [3.05, 3.63) is 53.6 Å². The molecule has 4 atom stereocenters. The van der Waals surface area contributed by atoms with Crippen LogP contribution in [0.3, 0.4) is 0 Å².